The van der Waals surface area contributed by atoms with Gasteiger partial charge in [-0.1, -0.05) is 36.7 Å². The third kappa shape index (κ3) is 4.81. The van der Waals surface area contributed by atoms with E-state index in [4.69, 9.17) is 10.5 Å². The molecule has 108 valence electrons. The summed E-state index contributed by atoms with van der Waals surface area (Å²) in [5.41, 5.74) is 8.50. The summed E-state index contributed by atoms with van der Waals surface area (Å²) >= 11 is 3.56. The first kappa shape index (κ1) is 16.5. The minimum absolute atomic E-state index is 0.192. The van der Waals surface area contributed by atoms with Gasteiger partial charge in [0.1, 0.15) is 5.75 Å². The van der Waals surface area contributed by atoms with Gasteiger partial charge < -0.3 is 10.5 Å². The number of rotatable bonds is 7. The third-order valence-electron chi connectivity index (χ3n) is 3.52. The van der Waals surface area contributed by atoms with Crippen LogP contribution in [0, 0.1) is 6.92 Å². The topological polar surface area (TPSA) is 35.2 Å². The number of hydrogen-bond donors (Lipinski definition) is 1. The van der Waals surface area contributed by atoms with Crippen molar-refractivity contribution < 1.29 is 4.74 Å². The van der Waals surface area contributed by atoms with E-state index in [9.17, 15) is 0 Å². The first-order valence-corrected chi connectivity index (χ1v) is 8.02. The fourth-order valence-corrected chi connectivity index (χ4v) is 2.79. The number of nitrogens with two attached hydrogens (primary N) is 1. The van der Waals surface area contributed by atoms with Crippen molar-refractivity contribution in [1.29, 1.82) is 0 Å². The lowest BCUT2D eigenvalue weighted by molar-refractivity contribution is 0.189. The molecule has 0 amide bonds. The molecule has 0 bridgehead atoms. The average molecular weight is 328 g/mol. The Hall–Kier alpha value is -0.540. The zero-order valence-corrected chi connectivity index (χ0v) is 14.1. The molecule has 1 unspecified atom stereocenters. The summed E-state index contributed by atoms with van der Waals surface area (Å²) < 4.78 is 7.30. The standard InChI is InChI=1S/C16H26BrNO/c1-5-14(18)10-12-9-13(17)8-11(4)16(12)19-15(6-2)7-3/h8-9,14-15H,5-7,10,18H2,1-4H3. The summed E-state index contributed by atoms with van der Waals surface area (Å²) in [6, 6.07) is 4.44. The molecule has 2 nitrogen and oxygen atoms in total. The Kier molecular flexibility index (Phi) is 6.87. The second-order valence-corrected chi connectivity index (χ2v) is 6.06. The van der Waals surface area contributed by atoms with E-state index in [1.54, 1.807) is 0 Å². The second-order valence-electron chi connectivity index (χ2n) is 5.14. The molecule has 0 heterocycles. The Labute approximate surface area is 125 Å². The highest BCUT2D eigenvalue weighted by molar-refractivity contribution is 9.10. The molecule has 0 saturated carbocycles. The van der Waals surface area contributed by atoms with Crippen LogP contribution < -0.4 is 10.5 Å². The van der Waals surface area contributed by atoms with Gasteiger partial charge in [-0.25, -0.2) is 0 Å². The maximum absolute atomic E-state index is 6.20. The van der Waals surface area contributed by atoms with E-state index in [2.05, 4.69) is 55.8 Å². The normalized spacial score (nSPS) is 12.8. The monoisotopic (exact) mass is 327 g/mol. The predicted octanol–water partition coefficient (Wildman–Crippen LogP) is 4.60. The van der Waals surface area contributed by atoms with Crippen molar-refractivity contribution in [2.75, 3.05) is 0 Å². The Morgan fingerprint density at radius 1 is 1.16 bits per heavy atom. The van der Waals surface area contributed by atoms with E-state index >= 15 is 0 Å². The van der Waals surface area contributed by atoms with Crippen molar-refractivity contribution in [3.8, 4) is 5.75 Å². The highest BCUT2D eigenvalue weighted by Gasteiger charge is 2.15. The van der Waals surface area contributed by atoms with Crippen LogP contribution in [0.15, 0.2) is 16.6 Å². The quantitative estimate of drug-likeness (QED) is 0.793. The maximum atomic E-state index is 6.20. The lowest BCUT2D eigenvalue weighted by Crippen LogP contribution is -2.23. The van der Waals surface area contributed by atoms with Crippen LogP contribution in [0.4, 0.5) is 0 Å². The summed E-state index contributed by atoms with van der Waals surface area (Å²) in [6.45, 7) is 8.56. The Balaban J connectivity index is 3.05. The molecule has 1 aromatic rings. The molecule has 0 radical (unpaired) electrons. The van der Waals surface area contributed by atoms with Gasteiger partial charge in [0.15, 0.2) is 0 Å². The maximum Gasteiger partial charge on any atom is 0.125 e. The molecule has 0 aliphatic carbocycles. The van der Waals surface area contributed by atoms with Gasteiger partial charge in [0.05, 0.1) is 6.10 Å². The van der Waals surface area contributed by atoms with Gasteiger partial charge in [-0.05, 0) is 55.9 Å². The summed E-state index contributed by atoms with van der Waals surface area (Å²) in [4.78, 5) is 0. The minimum atomic E-state index is 0.192. The summed E-state index contributed by atoms with van der Waals surface area (Å²) in [6.07, 6.45) is 4.20. The molecule has 0 spiro atoms. The first-order valence-electron chi connectivity index (χ1n) is 7.22. The average Bonchev–Trinajstić information content (AvgIpc) is 2.38. The molecule has 0 aromatic heterocycles. The Morgan fingerprint density at radius 2 is 1.79 bits per heavy atom. The molecule has 0 aliphatic heterocycles. The molecule has 2 N–H and O–H groups in total. The highest BCUT2D eigenvalue weighted by Crippen LogP contribution is 2.30. The summed E-state index contributed by atoms with van der Waals surface area (Å²) in [5, 5.41) is 0. The number of halogens is 1. The first-order chi connectivity index (χ1) is 9.01. The fourth-order valence-electron chi connectivity index (χ4n) is 2.17. The van der Waals surface area contributed by atoms with Gasteiger partial charge >= 0.3 is 0 Å². The largest absolute Gasteiger partial charge is 0.490 e. The van der Waals surface area contributed by atoms with Gasteiger partial charge in [-0.15, -0.1) is 0 Å². The zero-order valence-electron chi connectivity index (χ0n) is 12.5. The molecular formula is C16H26BrNO. The van der Waals surface area contributed by atoms with Gasteiger partial charge in [0.25, 0.3) is 0 Å². The van der Waals surface area contributed by atoms with Crippen LogP contribution in [-0.4, -0.2) is 12.1 Å². The molecule has 3 heteroatoms. The number of ether oxygens (including phenoxy) is 1. The van der Waals surface area contributed by atoms with E-state index < -0.39 is 0 Å². The molecular weight excluding hydrogens is 302 g/mol. The lowest BCUT2D eigenvalue weighted by Gasteiger charge is -2.22. The van der Waals surface area contributed by atoms with E-state index in [-0.39, 0.29) is 12.1 Å². The van der Waals surface area contributed by atoms with E-state index in [0.29, 0.717) is 0 Å². The van der Waals surface area contributed by atoms with E-state index in [1.807, 2.05) is 0 Å². The van der Waals surface area contributed by atoms with Gasteiger partial charge in [-0.3, -0.25) is 0 Å². The summed E-state index contributed by atoms with van der Waals surface area (Å²) in [7, 11) is 0. The zero-order chi connectivity index (χ0) is 14.4. The number of hydrogen-bond acceptors (Lipinski definition) is 2. The van der Waals surface area contributed by atoms with Crippen molar-refractivity contribution in [3.05, 3.63) is 27.7 Å². The van der Waals surface area contributed by atoms with Crippen molar-refractivity contribution in [2.24, 2.45) is 5.73 Å². The Morgan fingerprint density at radius 3 is 2.32 bits per heavy atom. The van der Waals surface area contributed by atoms with Crippen LogP contribution in [-0.2, 0) is 6.42 Å². The Bertz CT molecular complexity index is 402. The van der Waals surface area contributed by atoms with Crippen molar-refractivity contribution in [2.45, 2.75) is 65.5 Å². The molecule has 0 aliphatic rings. The van der Waals surface area contributed by atoms with E-state index in [0.717, 1.165) is 35.9 Å². The van der Waals surface area contributed by atoms with Crippen LogP contribution in [0.3, 0.4) is 0 Å². The third-order valence-corrected chi connectivity index (χ3v) is 3.98. The van der Waals surface area contributed by atoms with Crippen LogP contribution in [0.2, 0.25) is 0 Å². The smallest absolute Gasteiger partial charge is 0.125 e. The van der Waals surface area contributed by atoms with Crippen LogP contribution in [0.1, 0.15) is 51.2 Å². The second kappa shape index (κ2) is 7.91. The van der Waals surface area contributed by atoms with Gasteiger partial charge in [0.2, 0.25) is 0 Å². The van der Waals surface area contributed by atoms with Gasteiger partial charge in [0, 0.05) is 10.5 Å². The van der Waals surface area contributed by atoms with Crippen molar-refractivity contribution >= 4 is 15.9 Å². The molecule has 1 rings (SSSR count). The lowest BCUT2D eigenvalue weighted by atomic mass is 10.0. The molecule has 1 atom stereocenters. The number of aryl methyl sites for hydroxylation is 1. The number of benzene rings is 1. The van der Waals surface area contributed by atoms with Crippen LogP contribution >= 0.6 is 15.9 Å². The van der Waals surface area contributed by atoms with Crippen molar-refractivity contribution in [1.82, 2.24) is 0 Å². The SMILES string of the molecule is CCC(N)Cc1cc(Br)cc(C)c1OC(CC)CC. The molecule has 1 aromatic carbocycles. The fraction of sp³-hybridized carbons (Fsp3) is 0.625. The van der Waals surface area contributed by atoms with Crippen molar-refractivity contribution in [3.63, 3.8) is 0 Å². The minimum Gasteiger partial charge on any atom is -0.490 e. The van der Waals surface area contributed by atoms with Crippen LogP contribution in [0.25, 0.3) is 0 Å². The van der Waals surface area contributed by atoms with E-state index in [1.165, 1.54) is 11.1 Å². The predicted molar refractivity (Wildman–Crippen MR) is 85.8 cm³/mol. The van der Waals surface area contributed by atoms with Crippen LogP contribution in [0.5, 0.6) is 5.75 Å². The van der Waals surface area contributed by atoms with Gasteiger partial charge in [-0.2, -0.15) is 0 Å². The summed E-state index contributed by atoms with van der Waals surface area (Å²) in [5.74, 6) is 1.03. The molecule has 19 heavy (non-hydrogen) atoms. The molecule has 0 saturated heterocycles. The molecule has 0 fully saturated rings. The highest BCUT2D eigenvalue weighted by atomic mass is 79.9.